The summed E-state index contributed by atoms with van der Waals surface area (Å²) in [5, 5.41) is 12.7. The van der Waals surface area contributed by atoms with E-state index < -0.39 is 0 Å². The smallest absolute Gasteiger partial charge is 0.208 e. The molecule has 17 heavy (non-hydrogen) atoms. The zero-order valence-corrected chi connectivity index (χ0v) is 11.5. The molecule has 0 aromatic carbocycles. The maximum absolute atomic E-state index is 4.16. The molecule has 5 heteroatoms. The topological polar surface area (TPSA) is 41.0 Å². The number of nitrogens with zero attached hydrogens (tertiary/aromatic N) is 3. The van der Waals surface area contributed by atoms with Crippen LogP contribution in [-0.2, 0) is 0 Å². The van der Waals surface area contributed by atoms with Gasteiger partial charge < -0.3 is 10.2 Å². The molecule has 1 saturated heterocycles. The van der Waals surface area contributed by atoms with E-state index in [1.165, 1.54) is 12.8 Å². The van der Waals surface area contributed by atoms with Crippen LogP contribution < -0.4 is 10.2 Å². The minimum Gasteiger partial charge on any atom is -0.346 e. The fourth-order valence-electron chi connectivity index (χ4n) is 2.29. The van der Waals surface area contributed by atoms with Gasteiger partial charge in [0.1, 0.15) is 5.51 Å². The highest BCUT2D eigenvalue weighted by atomic mass is 32.1. The monoisotopic (exact) mass is 254 g/mol. The fourth-order valence-corrected chi connectivity index (χ4v) is 2.88. The van der Waals surface area contributed by atoms with Crippen molar-refractivity contribution in [2.24, 2.45) is 11.8 Å². The van der Waals surface area contributed by atoms with Crippen molar-refractivity contribution < 1.29 is 0 Å². The third-order valence-electron chi connectivity index (χ3n) is 3.12. The number of nitrogens with one attached hydrogen (secondary N) is 1. The Balaban J connectivity index is 1.77. The summed E-state index contributed by atoms with van der Waals surface area (Å²) < 4.78 is 0. The number of piperidine rings is 1. The van der Waals surface area contributed by atoms with Gasteiger partial charge in [-0.25, -0.2) is 0 Å². The van der Waals surface area contributed by atoms with Gasteiger partial charge >= 0.3 is 0 Å². The molecule has 96 valence electrons. The third kappa shape index (κ3) is 3.92. The lowest BCUT2D eigenvalue weighted by Crippen LogP contribution is -2.40. The Labute approximate surface area is 107 Å². The van der Waals surface area contributed by atoms with E-state index in [-0.39, 0.29) is 0 Å². The summed E-state index contributed by atoms with van der Waals surface area (Å²) in [6.07, 6.45) is 2.61. The first-order chi connectivity index (χ1) is 8.25. The second kappa shape index (κ2) is 6.31. The number of rotatable bonds is 5. The molecule has 1 aliphatic heterocycles. The SMILES string of the molecule is CC(C)CNCC1CCCN(c2nncs2)C1. The van der Waals surface area contributed by atoms with E-state index in [0.717, 1.165) is 43.1 Å². The average molecular weight is 254 g/mol. The second-order valence-corrected chi connectivity index (χ2v) is 6.04. The maximum Gasteiger partial charge on any atom is 0.208 e. The van der Waals surface area contributed by atoms with E-state index in [9.17, 15) is 0 Å². The van der Waals surface area contributed by atoms with Gasteiger partial charge in [-0.2, -0.15) is 0 Å². The van der Waals surface area contributed by atoms with Gasteiger partial charge in [-0.1, -0.05) is 25.2 Å². The van der Waals surface area contributed by atoms with Crippen LogP contribution in [0.4, 0.5) is 5.13 Å². The molecule has 1 atom stereocenters. The Hall–Kier alpha value is -0.680. The van der Waals surface area contributed by atoms with Crippen LogP contribution in [0.1, 0.15) is 26.7 Å². The molecule has 4 nitrogen and oxygen atoms in total. The first-order valence-corrected chi connectivity index (χ1v) is 7.35. The van der Waals surface area contributed by atoms with Crippen LogP contribution in [0.2, 0.25) is 0 Å². The van der Waals surface area contributed by atoms with E-state index in [4.69, 9.17) is 0 Å². The van der Waals surface area contributed by atoms with E-state index >= 15 is 0 Å². The van der Waals surface area contributed by atoms with Gasteiger partial charge in [0, 0.05) is 13.1 Å². The van der Waals surface area contributed by atoms with Crippen molar-refractivity contribution in [2.75, 3.05) is 31.1 Å². The molecule has 1 unspecified atom stereocenters. The predicted molar refractivity (Wildman–Crippen MR) is 72.6 cm³/mol. The van der Waals surface area contributed by atoms with Crippen molar-refractivity contribution in [1.82, 2.24) is 15.5 Å². The molecular weight excluding hydrogens is 232 g/mol. The average Bonchev–Trinajstić information content (AvgIpc) is 2.82. The largest absolute Gasteiger partial charge is 0.346 e. The standard InChI is InChI=1S/C12H22N4S/c1-10(2)6-13-7-11-4-3-5-16(8-11)12-15-14-9-17-12/h9-11,13H,3-8H2,1-2H3. The van der Waals surface area contributed by atoms with E-state index in [2.05, 4.69) is 34.3 Å². The first-order valence-electron chi connectivity index (χ1n) is 6.47. The van der Waals surface area contributed by atoms with Gasteiger partial charge in [0.25, 0.3) is 0 Å². The van der Waals surface area contributed by atoms with Crippen LogP contribution in [0.5, 0.6) is 0 Å². The van der Waals surface area contributed by atoms with Gasteiger partial charge in [0.15, 0.2) is 0 Å². The Morgan fingerprint density at radius 3 is 3.18 bits per heavy atom. The molecule has 1 fully saturated rings. The minimum atomic E-state index is 0.734. The lowest BCUT2D eigenvalue weighted by atomic mass is 9.98. The lowest BCUT2D eigenvalue weighted by molar-refractivity contribution is 0.382. The zero-order valence-electron chi connectivity index (χ0n) is 10.7. The van der Waals surface area contributed by atoms with Crippen LogP contribution in [0.3, 0.4) is 0 Å². The lowest BCUT2D eigenvalue weighted by Gasteiger charge is -2.32. The van der Waals surface area contributed by atoms with Crippen molar-refractivity contribution in [3.8, 4) is 0 Å². The van der Waals surface area contributed by atoms with Gasteiger partial charge in [0.05, 0.1) is 0 Å². The van der Waals surface area contributed by atoms with Crippen LogP contribution in [0.15, 0.2) is 5.51 Å². The molecule has 1 aromatic rings. The summed E-state index contributed by atoms with van der Waals surface area (Å²) in [7, 11) is 0. The number of hydrogen-bond donors (Lipinski definition) is 1. The molecule has 0 amide bonds. The van der Waals surface area contributed by atoms with Crippen LogP contribution >= 0.6 is 11.3 Å². The highest BCUT2D eigenvalue weighted by Crippen LogP contribution is 2.23. The Morgan fingerprint density at radius 1 is 1.59 bits per heavy atom. The quantitative estimate of drug-likeness (QED) is 0.872. The molecular formula is C12H22N4S. The van der Waals surface area contributed by atoms with Crippen molar-refractivity contribution in [2.45, 2.75) is 26.7 Å². The van der Waals surface area contributed by atoms with Crippen molar-refractivity contribution in [3.63, 3.8) is 0 Å². The van der Waals surface area contributed by atoms with E-state index in [1.54, 1.807) is 11.3 Å². The Kier molecular flexibility index (Phi) is 4.74. The molecule has 2 heterocycles. The molecule has 1 aliphatic rings. The van der Waals surface area contributed by atoms with Crippen molar-refractivity contribution >= 4 is 16.5 Å². The normalized spacial score (nSPS) is 21.1. The van der Waals surface area contributed by atoms with Crippen molar-refractivity contribution in [3.05, 3.63) is 5.51 Å². The summed E-state index contributed by atoms with van der Waals surface area (Å²) in [6, 6.07) is 0. The molecule has 2 rings (SSSR count). The number of aromatic nitrogens is 2. The second-order valence-electron chi connectivity index (χ2n) is 5.23. The van der Waals surface area contributed by atoms with Crippen LogP contribution in [0.25, 0.3) is 0 Å². The van der Waals surface area contributed by atoms with Crippen molar-refractivity contribution in [1.29, 1.82) is 0 Å². The van der Waals surface area contributed by atoms with Crippen LogP contribution in [-0.4, -0.2) is 36.4 Å². The summed E-state index contributed by atoms with van der Waals surface area (Å²) in [6.45, 7) is 9.02. The Bertz CT molecular complexity index is 312. The van der Waals surface area contributed by atoms with E-state index in [0.29, 0.717) is 0 Å². The van der Waals surface area contributed by atoms with Gasteiger partial charge in [0.2, 0.25) is 5.13 Å². The summed E-state index contributed by atoms with van der Waals surface area (Å²) in [4.78, 5) is 2.38. The molecule has 0 aliphatic carbocycles. The summed E-state index contributed by atoms with van der Waals surface area (Å²) >= 11 is 1.64. The Morgan fingerprint density at radius 2 is 2.47 bits per heavy atom. The van der Waals surface area contributed by atoms with Gasteiger partial charge in [-0.3, -0.25) is 0 Å². The first kappa shape index (κ1) is 12.8. The van der Waals surface area contributed by atoms with Gasteiger partial charge in [-0.15, -0.1) is 10.2 Å². The fraction of sp³-hybridized carbons (Fsp3) is 0.833. The third-order valence-corrected chi connectivity index (χ3v) is 3.87. The highest BCUT2D eigenvalue weighted by Gasteiger charge is 2.21. The highest BCUT2D eigenvalue weighted by molar-refractivity contribution is 7.13. The molecule has 1 aromatic heterocycles. The van der Waals surface area contributed by atoms with Gasteiger partial charge in [-0.05, 0) is 37.8 Å². The molecule has 0 spiro atoms. The predicted octanol–water partition coefficient (Wildman–Crippen LogP) is 2.00. The minimum absolute atomic E-state index is 0.734. The molecule has 0 radical (unpaired) electrons. The number of anilines is 1. The van der Waals surface area contributed by atoms with Crippen LogP contribution in [0, 0.1) is 11.8 Å². The summed E-state index contributed by atoms with van der Waals surface area (Å²) in [5.74, 6) is 1.49. The summed E-state index contributed by atoms with van der Waals surface area (Å²) in [5.41, 5.74) is 1.82. The van der Waals surface area contributed by atoms with E-state index in [1.807, 2.05) is 5.51 Å². The molecule has 1 N–H and O–H groups in total. The molecule has 0 bridgehead atoms. The number of hydrogen-bond acceptors (Lipinski definition) is 5. The maximum atomic E-state index is 4.16. The zero-order chi connectivity index (χ0) is 12.1. The molecule has 0 saturated carbocycles.